The SMILES string of the molecule is CCC1CCCCN1C(=O)CSc1nc2ccccc2n1CC(=O)N1CCCC1. The number of aromatic nitrogens is 2. The molecule has 7 heteroatoms. The van der Waals surface area contributed by atoms with Gasteiger partial charge in [0.15, 0.2) is 5.16 Å². The number of imidazole rings is 1. The molecule has 0 bridgehead atoms. The number of para-hydroxylation sites is 2. The van der Waals surface area contributed by atoms with E-state index in [-0.39, 0.29) is 11.8 Å². The van der Waals surface area contributed by atoms with Crippen LogP contribution in [0.5, 0.6) is 0 Å². The van der Waals surface area contributed by atoms with E-state index in [2.05, 4.69) is 11.8 Å². The molecule has 6 nitrogen and oxygen atoms in total. The van der Waals surface area contributed by atoms with Crippen LogP contribution < -0.4 is 0 Å². The quantitative estimate of drug-likeness (QED) is 0.679. The second kappa shape index (κ2) is 9.20. The molecule has 0 spiro atoms. The van der Waals surface area contributed by atoms with E-state index >= 15 is 0 Å². The number of fused-ring (bicyclic) bond motifs is 1. The monoisotopic (exact) mass is 414 g/mol. The van der Waals surface area contributed by atoms with Crippen molar-refractivity contribution in [3.05, 3.63) is 24.3 Å². The van der Waals surface area contributed by atoms with Gasteiger partial charge in [0.2, 0.25) is 11.8 Å². The lowest BCUT2D eigenvalue weighted by Gasteiger charge is -2.35. The second-order valence-electron chi connectivity index (χ2n) is 7.99. The van der Waals surface area contributed by atoms with Crippen LogP contribution in [0.25, 0.3) is 11.0 Å². The zero-order chi connectivity index (χ0) is 20.2. The van der Waals surface area contributed by atoms with E-state index in [0.717, 1.165) is 67.9 Å². The maximum absolute atomic E-state index is 12.9. The van der Waals surface area contributed by atoms with Gasteiger partial charge in [-0.1, -0.05) is 30.8 Å². The molecule has 1 atom stereocenters. The van der Waals surface area contributed by atoms with Crippen LogP contribution in [0.1, 0.15) is 45.4 Å². The summed E-state index contributed by atoms with van der Waals surface area (Å²) in [5.41, 5.74) is 1.83. The molecule has 156 valence electrons. The molecule has 2 saturated heterocycles. The topological polar surface area (TPSA) is 58.4 Å². The molecule has 2 fully saturated rings. The zero-order valence-electron chi connectivity index (χ0n) is 17.2. The summed E-state index contributed by atoms with van der Waals surface area (Å²) in [4.78, 5) is 34.4. The Hall–Kier alpha value is -2.02. The molecule has 2 aromatic rings. The predicted octanol–water partition coefficient (Wildman–Crippen LogP) is 3.54. The molecule has 2 aliphatic rings. The fourth-order valence-electron chi connectivity index (χ4n) is 4.48. The molecule has 2 aliphatic heterocycles. The Kier molecular flexibility index (Phi) is 6.43. The van der Waals surface area contributed by atoms with Crippen molar-refractivity contribution < 1.29 is 9.59 Å². The summed E-state index contributed by atoms with van der Waals surface area (Å²) in [5, 5.41) is 0.761. The van der Waals surface area contributed by atoms with Crippen LogP contribution in [-0.2, 0) is 16.1 Å². The van der Waals surface area contributed by atoms with Crippen molar-refractivity contribution in [1.29, 1.82) is 0 Å². The van der Waals surface area contributed by atoms with Crippen LogP contribution in [0.3, 0.4) is 0 Å². The first-order chi connectivity index (χ1) is 14.2. The van der Waals surface area contributed by atoms with E-state index < -0.39 is 0 Å². The Bertz CT molecular complexity index is 875. The summed E-state index contributed by atoms with van der Waals surface area (Å²) in [6.45, 7) is 5.01. The molecule has 0 saturated carbocycles. The number of benzene rings is 1. The number of hydrogen-bond donors (Lipinski definition) is 0. The van der Waals surface area contributed by atoms with Gasteiger partial charge in [-0.2, -0.15) is 0 Å². The molecule has 29 heavy (non-hydrogen) atoms. The van der Waals surface area contributed by atoms with Gasteiger partial charge in [0, 0.05) is 25.7 Å². The minimum absolute atomic E-state index is 0.140. The Morgan fingerprint density at radius 1 is 1.07 bits per heavy atom. The summed E-state index contributed by atoms with van der Waals surface area (Å²) in [6.07, 6.45) is 6.59. The molecule has 2 amide bonds. The van der Waals surface area contributed by atoms with E-state index in [1.807, 2.05) is 33.7 Å². The normalized spacial score (nSPS) is 19.8. The fourth-order valence-corrected chi connectivity index (χ4v) is 5.38. The molecule has 0 N–H and O–H groups in total. The summed E-state index contributed by atoms with van der Waals surface area (Å²) in [7, 11) is 0. The smallest absolute Gasteiger partial charge is 0.242 e. The van der Waals surface area contributed by atoms with Crippen molar-refractivity contribution >= 4 is 34.6 Å². The summed E-state index contributed by atoms with van der Waals surface area (Å²) < 4.78 is 1.99. The number of hydrogen-bond acceptors (Lipinski definition) is 4. The van der Waals surface area contributed by atoms with Gasteiger partial charge < -0.3 is 14.4 Å². The number of piperidine rings is 1. The molecule has 1 unspecified atom stereocenters. The summed E-state index contributed by atoms with van der Waals surface area (Å²) in [5.74, 6) is 0.699. The van der Waals surface area contributed by atoms with Gasteiger partial charge in [0.1, 0.15) is 6.54 Å². The number of carbonyl (C=O) groups excluding carboxylic acids is 2. The highest BCUT2D eigenvalue weighted by atomic mass is 32.2. The largest absolute Gasteiger partial charge is 0.341 e. The summed E-state index contributed by atoms with van der Waals surface area (Å²) in [6, 6.07) is 8.27. The van der Waals surface area contributed by atoms with Crippen molar-refractivity contribution in [3.8, 4) is 0 Å². The maximum atomic E-state index is 12.9. The van der Waals surface area contributed by atoms with Gasteiger partial charge in [-0.05, 0) is 50.7 Å². The molecule has 0 radical (unpaired) electrons. The third-order valence-electron chi connectivity index (χ3n) is 6.12. The molecule has 0 aliphatic carbocycles. The van der Waals surface area contributed by atoms with Gasteiger partial charge in [-0.15, -0.1) is 0 Å². The van der Waals surface area contributed by atoms with Crippen molar-refractivity contribution in [3.63, 3.8) is 0 Å². The highest BCUT2D eigenvalue weighted by Crippen LogP contribution is 2.26. The van der Waals surface area contributed by atoms with Gasteiger partial charge in [0.25, 0.3) is 0 Å². The van der Waals surface area contributed by atoms with E-state index in [1.165, 1.54) is 18.2 Å². The fraction of sp³-hybridized carbons (Fsp3) is 0.591. The Morgan fingerprint density at radius 2 is 1.83 bits per heavy atom. The van der Waals surface area contributed by atoms with Crippen LogP contribution in [0.2, 0.25) is 0 Å². The Balaban J connectivity index is 1.50. The van der Waals surface area contributed by atoms with Gasteiger partial charge in [-0.3, -0.25) is 9.59 Å². The number of amides is 2. The van der Waals surface area contributed by atoms with Gasteiger partial charge in [0.05, 0.1) is 16.8 Å². The van der Waals surface area contributed by atoms with Crippen molar-refractivity contribution in [2.45, 2.75) is 63.2 Å². The first-order valence-electron chi connectivity index (χ1n) is 10.8. The third kappa shape index (κ3) is 4.44. The van der Waals surface area contributed by atoms with Crippen molar-refractivity contribution in [2.75, 3.05) is 25.4 Å². The standard InChI is InChI=1S/C22H30N4O2S/c1-2-17-9-5-6-14-25(17)21(28)16-29-22-23-18-10-3-4-11-19(18)26(22)15-20(27)24-12-7-8-13-24/h3-4,10-11,17H,2,5-9,12-16H2,1H3. The highest BCUT2D eigenvalue weighted by molar-refractivity contribution is 7.99. The van der Waals surface area contributed by atoms with Crippen LogP contribution in [0.15, 0.2) is 29.4 Å². The Labute approximate surface area is 176 Å². The lowest BCUT2D eigenvalue weighted by atomic mass is 10.0. The van der Waals surface area contributed by atoms with Crippen LogP contribution in [0.4, 0.5) is 0 Å². The van der Waals surface area contributed by atoms with Crippen LogP contribution in [0, 0.1) is 0 Å². The van der Waals surface area contributed by atoms with Gasteiger partial charge in [-0.25, -0.2) is 4.98 Å². The average molecular weight is 415 g/mol. The molecular weight excluding hydrogens is 384 g/mol. The van der Waals surface area contributed by atoms with E-state index in [4.69, 9.17) is 4.98 Å². The van der Waals surface area contributed by atoms with Crippen LogP contribution >= 0.6 is 11.8 Å². The van der Waals surface area contributed by atoms with E-state index in [1.54, 1.807) is 0 Å². The minimum atomic E-state index is 0.140. The number of rotatable bonds is 6. The molecule has 1 aromatic heterocycles. The Morgan fingerprint density at radius 3 is 2.62 bits per heavy atom. The second-order valence-corrected chi connectivity index (χ2v) is 8.93. The average Bonchev–Trinajstić information content (AvgIpc) is 3.41. The van der Waals surface area contributed by atoms with Crippen molar-refractivity contribution in [1.82, 2.24) is 19.4 Å². The van der Waals surface area contributed by atoms with Gasteiger partial charge >= 0.3 is 0 Å². The maximum Gasteiger partial charge on any atom is 0.242 e. The number of thioether (sulfide) groups is 1. The molecule has 1 aromatic carbocycles. The third-order valence-corrected chi connectivity index (χ3v) is 7.08. The number of nitrogens with zero attached hydrogens (tertiary/aromatic N) is 4. The molecular formula is C22H30N4O2S. The van der Waals surface area contributed by atoms with Crippen LogP contribution in [-0.4, -0.2) is 62.6 Å². The zero-order valence-corrected chi connectivity index (χ0v) is 18.0. The lowest BCUT2D eigenvalue weighted by Crippen LogP contribution is -2.44. The molecule has 4 rings (SSSR count). The van der Waals surface area contributed by atoms with E-state index in [9.17, 15) is 9.59 Å². The van der Waals surface area contributed by atoms with Crippen molar-refractivity contribution in [2.24, 2.45) is 0 Å². The highest BCUT2D eigenvalue weighted by Gasteiger charge is 2.26. The predicted molar refractivity (Wildman–Crippen MR) is 116 cm³/mol. The molecule has 3 heterocycles. The number of likely N-dealkylation sites (tertiary alicyclic amines) is 2. The summed E-state index contributed by atoms with van der Waals surface area (Å²) >= 11 is 1.46. The minimum Gasteiger partial charge on any atom is -0.341 e. The van der Waals surface area contributed by atoms with E-state index in [0.29, 0.717) is 18.3 Å². The first-order valence-corrected chi connectivity index (χ1v) is 11.8. The number of carbonyl (C=O) groups is 2. The lowest BCUT2D eigenvalue weighted by molar-refractivity contribution is -0.132. The first kappa shape index (κ1) is 20.3.